The minimum absolute atomic E-state index is 0.790. The van der Waals surface area contributed by atoms with Crippen LogP contribution in [0.25, 0.3) is 11.5 Å². The van der Waals surface area contributed by atoms with Gasteiger partial charge >= 0.3 is 0 Å². The predicted molar refractivity (Wildman–Crippen MR) is 64.1 cm³/mol. The molecular formula is C12H16N4. The standard InChI is InChI=1S/C12H16N4/c1-8-4-9(2)11(14-5-8)12-15-7-10(16-12)6-13-3/h4-5,7,13H,6H2,1-3H3,(H,15,16). The number of pyridine rings is 1. The number of aromatic amines is 1. The third-order valence-electron chi connectivity index (χ3n) is 2.43. The van der Waals surface area contributed by atoms with Gasteiger partial charge in [-0.1, -0.05) is 6.07 Å². The highest BCUT2D eigenvalue weighted by atomic mass is 15.0. The molecule has 0 unspecified atom stereocenters. The number of aryl methyl sites for hydroxylation is 2. The van der Waals surface area contributed by atoms with Gasteiger partial charge < -0.3 is 10.3 Å². The zero-order chi connectivity index (χ0) is 11.5. The molecule has 0 aliphatic rings. The SMILES string of the molecule is CNCc1cnc(-c2ncc(C)cc2C)[nH]1. The molecule has 0 amide bonds. The van der Waals surface area contributed by atoms with Gasteiger partial charge in [-0.3, -0.25) is 4.98 Å². The van der Waals surface area contributed by atoms with Crippen LogP contribution in [0.3, 0.4) is 0 Å². The van der Waals surface area contributed by atoms with E-state index in [4.69, 9.17) is 0 Å². The first-order valence-electron chi connectivity index (χ1n) is 5.33. The van der Waals surface area contributed by atoms with Crippen molar-refractivity contribution in [2.24, 2.45) is 0 Å². The summed E-state index contributed by atoms with van der Waals surface area (Å²) in [5.41, 5.74) is 4.31. The van der Waals surface area contributed by atoms with E-state index in [-0.39, 0.29) is 0 Å². The molecular weight excluding hydrogens is 200 g/mol. The average molecular weight is 216 g/mol. The monoisotopic (exact) mass is 216 g/mol. The van der Waals surface area contributed by atoms with Crippen molar-refractivity contribution in [3.05, 3.63) is 35.3 Å². The topological polar surface area (TPSA) is 53.6 Å². The lowest BCUT2D eigenvalue weighted by molar-refractivity contribution is 0.797. The van der Waals surface area contributed by atoms with Gasteiger partial charge in [0.15, 0.2) is 5.82 Å². The molecule has 2 rings (SSSR count). The molecule has 0 atom stereocenters. The van der Waals surface area contributed by atoms with Crippen molar-refractivity contribution in [3.8, 4) is 11.5 Å². The van der Waals surface area contributed by atoms with Crippen LogP contribution in [0.1, 0.15) is 16.8 Å². The summed E-state index contributed by atoms with van der Waals surface area (Å²) < 4.78 is 0. The molecule has 2 heterocycles. The summed E-state index contributed by atoms with van der Waals surface area (Å²) in [7, 11) is 1.91. The number of aromatic nitrogens is 3. The minimum atomic E-state index is 0.790. The van der Waals surface area contributed by atoms with E-state index in [1.165, 1.54) is 5.56 Å². The van der Waals surface area contributed by atoms with Gasteiger partial charge in [-0.05, 0) is 32.0 Å². The smallest absolute Gasteiger partial charge is 0.156 e. The van der Waals surface area contributed by atoms with E-state index in [1.54, 1.807) is 0 Å². The second-order valence-corrected chi connectivity index (χ2v) is 3.97. The molecule has 0 aliphatic heterocycles. The van der Waals surface area contributed by atoms with Crippen LogP contribution in [0.15, 0.2) is 18.5 Å². The zero-order valence-corrected chi connectivity index (χ0v) is 9.83. The largest absolute Gasteiger partial charge is 0.339 e. The number of nitrogens with zero attached hydrogens (tertiary/aromatic N) is 2. The molecule has 4 heteroatoms. The average Bonchev–Trinajstić information content (AvgIpc) is 2.67. The third kappa shape index (κ3) is 2.12. The Morgan fingerprint density at radius 2 is 2.06 bits per heavy atom. The van der Waals surface area contributed by atoms with Crippen molar-refractivity contribution in [1.82, 2.24) is 20.3 Å². The molecule has 0 radical (unpaired) electrons. The molecule has 84 valence electrons. The van der Waals surface area contributed by atoms with E-state index < -0.39 is 0 Å². The summed E-state index contributed by atoms with van der Waals surface area (Å²) in [5, 5.41) is 3.08. The fourth-order valence-electron chi connectivity index (χ4n) is 1.72. The van der Waals surface area contributed by atoms with E-state index in [9.17, 15) is 0 Å². The number of nitrogens with one attached hydrogen (secondary N) is 2. The highest BCUT2D eigenvalue weighted by Crippen LogP contribution is 2.18. The lowest BCUT2D eigenvalue weighted by Gasteiger charge is -2.02. The van der Waals surface area contributed by atoms with Gasteiger partial charge in [0, 0.05) is 18.4 Å². The van der Waals surface area contributed by atoms with Crippen LogP contribution in [0, 0.1) is 13.8 Å². The van der Waals surface area contributed by atoms with Crippen LogP contribution in [0.2, 0.25) is 0 Å². The first kappa shape index (κ1) is 10.8. The van der Waals surface area contributed by atoms with Gasteiger partial charge in [0.1, 0.15) is 5.69 Å². The Bertz CT molecular complexity index is 488. The van der Waals surface area contributed by atoms with Crippen LogP contribution < -0.4 is 5.32 Å². The van der Waals surface area contributed by atoms with Crippen molar-refractivity contribution in [2.75, 3.05) is 7.05 Å². The first-order chi connectivity index (χ1) is 7.70. The van der Waals surface area contributed by atoms with E-state index in [2.05, 4.69) is 33.3 Å². The molecule has 4 nitrogen and oxygen atoms in total. The number of hydrogen-bond donors (Lipinski definition) is 2. The Morgan fingerprint density at radius 1 is 1.25 bits per heavy atom. The lowest BCUT2D eigenvalue weighted by Crippen LogP contribution is -2.05. The van der Waals surface area contributed by atoms with Gasteiger partial charge in [-0.2, -0.15) is 0 Å². The Labute approximate surface area is 95.1 Å². The minimum Gasteiger partial charge on any atom is -0.339 e. The predicted octanol–water partition coefficient (Wildman–Crippen LogP) is 1.81. The Balaban J connectivity index is 2.35. The summed E-state index contributed by atoms with van der Waals surface area (Å²) >= 11 is 0. The summed E-state index contributed by atoms with van der Waals surface area (Å²) in [4.78, 5) is 12.0. The Hall–Kier alpha value is -1.68. The maximum atomic E-state index is 4.41. The fraction of sp³-hybridized carbons (Fsp3) is 0.333. The van der Waals surface area contributed by atoms with Crippen molar-refractivity contribution < 1.29 is 0 Å². The molecule has 16 heavy (non-hydrogen) atoms. The number of H-pyrrole nitrogens is 1. The summed E-state index contributed by atoms with van der Waals surface area (Å²) in [5.74, 6) is 0.836. The zero-order valence-electron chi connectivity index (χ0n) is 9.83. The van der Waals surface area contributed by atoms with E-state index >= 15 is 0 Å². The second-order valence-electron chi connectivity index (χ2n) is 3.97. The second kappa shape index (κ2) is 4.45. The molecule has 2 aromatic rings. The first-order valence-corrected chi connectivity index (χ1v) is 5.33. The molecule has 2 aromatic heterocycles. The van der Waals surface area contributed by atoms with Gasteiger partial charge in [0.05, 0.1) is 6.20 Å². The van der Waals surface area contributed by atoms with Crippen LogP contribution in [0.5, 0.6) is 0 Å². The number of imidazole rings is 1. The summed E-state index contributed by atoms with van der Waals surface area (Å²) in [6, 6.07) is 2.11. The van der Waals surface area contributed by atoms with E-state index in [0.29, 0.717) is 0 Å². The maximum absolute atomic E-state index is 4.41. The Kier molecular flexibility index (Phi) is 3.01. The maximum Gasteiger partial charge on any atom is 0.156 e. The number of rotatable bonds is 3. The molecule has 0 saturated carbocycles. The van der Waals surface area contributed by atoms with Crippen LogP contribution in [-0.2, 0) is 6.54 Å². The van der Waals surface area contributed by atoms with Crippen molar-refractivity contribution >= 4 is 0 Å². The summed E-state index contributed by atoms with van der Waals surface area (Å²) in [6.07, 6.45) is 3.70. The van der Waals surface area contributed by atoms with Crippen LogP contribution in [-0.4, -0.2) is 22.0 Å². The van der Waals surface area contributed by atoms with Crippen molar-refractivity contribution in [3.63, 3.8) is 0 Å². The van der Waals surface area contributed by atoms with E-state index in [1.807, 2.05) is 26.4 Å². The molecule has 0 aliphatic carbocycles. The van der Waals surface area contributed by atoms with Crippen LogP contribution >= 0.6 is 0 Å². The van der Waals surface area contributed by atoms with Crippen molar-refractivity contribution in [1.29, 1.82) is 0 Å². The molecule has 0 bridgehead atoms. The Morgan fingerprint density at radius 3 is 2.75 bits per heavy atom. The molecule has 2 N–H and O–H groups in total. The van der Waals surface area contributed by atoms with Gasteiger partial charge in [0.25, 0.3) is 0 Å². The van der Waals surface area contributed by atoms with Gasteiger partial charge in [-0.25, -0.2) is 4.98 Å². The summed E-state index contributed by atoms with van der Waals surface area (Å²) in [6.45, 7) is 4.88. The highest BCUT2D eigenvalue weighted by Gasteiger charge is 2.07. The number of hydrogen-bond acceptors (Lipinski definition) is 3. The lowest BCUT2D eigenvalue weighted by atomic mass is 10.1. The molecule has 0 fully saturated rings. The van der Waals surface area contributed by atoms with Gasteiger partial charge in [-0.15, -0.1) is 0 Å². The molecule has 0 aromatic carbocycles. The fourth-order valence-corrected chi connectivity index (χ4v) is 1.72. The molecule has 0 saturated heterocycles. The quantitative estimate of drug-likeness (QED) is 0.822. The highest BCUT2D eigenvalue weighted by molar-refractivity contribution is 5.55. The van der Waals surface area contributed by atoms with E-state index in [0.717, 1.165) is 29.3 Å². The molecule has 0 spiro atoms. The van der Waals surface area contributed by atoms with Crippen molar-refractivity contribution in [2.45, 2.75) is 20.4 Å². The van der Waals surface area contributed by atoms with Crippen LogP contribution in [0.4, 0.5) is 0 Å². The van der Waals surface area contributed by atoms with Gasteiger partial charge in [0.2, 0.25) is 0 Å². The normalized spacial score (nSPS) is 10.7. The third-order valence-corrected chi connectivity index (χ3v) is 2.43.